The van der Waals surface area contributed by atoms with Crippen molar-refractivity contribution in [2.45, 2.75) is 0 Å². The van der Waals surface area contributed by atoms with Crippen LogP contribution in [0, 0.1) is 11.6 Å². The first kappa shape index (κ1) is 20.8. The third-order valence-electron chi connectivity index (χ3n) is 5.80. The molecule has 0 amide bonds. The largest absolute Gasteiger partial charge is 0.376 e. The second-order valence-corrected chi connectivity index (χ2v) is 8.26. The van der Waals surface area contributed by atoms with Crippen LogP contribution in [0.1, 0.15) is 0 Å². The molecule has 6 aromatic rings. The van der Waals surface area contributed by atoms with Crippen molar-refractivity contribution in [3.8, 4) is 34.0 Å². The van der Waals surface area contributed by atoms with Crippen molar-refractivity contribution in [1.82, 2.24) is 35.1 Å². The minimum atomic E-state index is -0.527. The van der Waals surface area contributed by atoms with Crippen molar-refractivity contribution in [1.29, 1.82) is 0 Å². The van der Waals surface area contributed by atoms with E-state index in [0.717, 1.165) is 5.69 Å². The lowest BCUT2D eigenvalue weighted by Crippen LogP contribution is -2.09. The normalized spacial score (nSPS) is 11.4. The summed E-state index contributed by atoms with van der Waals surface area (Å²) in [6.07, 6.45) is 6.45. The van der Waals surface area contributed by atoms with Gasteiger partial charge in [-0.2, -0.15) is 5.10 Å². The second kappa shape index (κ2) is 7.94. The molecule has 0 atom stereocenters. The zero-order valence-corrected chi connectivity index (χ0v) is 18.7. The van der Waals surface area contributed by atoms with Crippen molar-refractivity contribution in [3.63, 3.8) is 0 Å². The van der Waals surface area contributed by atoms with E-state index < -0.39 is 5.82 Å². The molecule has 0 bridgehead atoms. The molecule has 0 saturated carbocycles. The molecule has 8 nitrogen and oxygen atoms in total. The van der Waals surface area contributed by atoms with Gasteiger partial charge in [-0.3, -0.25) is 20.1 Å². The maximum Gasteiger partial charge on any atom is 0.161 e. The molecule has 0 spiro atoms. The van der Waals surface area contributed by atoms with Gasteiger partial charge in [0.1, 0.15) is 22.7 Å². The molecule has 0 aliphatic carbocycles. The number of aromatic amines is 2. The summed E-state index contributed by atoms with van der Waals surface area (Å²) in [6, 6.07) is 9.62. The van der Waals surface area contributed by atoms with E-state index in [1.54, 1.807) is 43.0 Å². The van der Waals surface area contributed by atoms with Gasteiger partial charge in [-0.25, -0.2) is 13.8 Å². The van der Waals surface area contributed by atoms with Crippen LogP contribution in [0.5, 0.6) is 0 Å². The first-order valence-electron chi connectivity index (χ1n) is 10.8. The standard InChI is InChI=1S/C25H18F2N8/c1-35(2)16-9-14(10-28-11-16)21-20(27)19-18(12-30-21)33-34-24(19)25-31-17-7-8-29-22(23(17)32-25)13-3-5-15(26)6-4-13/h3-12H,1-2H3,(H,31,32)(H,33,34). The summed E-state index contributed by atoms with van der Waals surface area (Å²) < 4.78 is 29.3. The molecular formula is C25H18F2N8. The lowest BCUT2D eigenvalue weighted by Gasteiger charge is -2.13. The van der Waals surface area contributed by atoms with E-state index >= 15 is 4.39 Å². The van der Waals surface area contributed by atoms with E-state index in [0.29, 0.717) is 44.9 Å². The smallest absolute Gasteiger partial charge is 0.161 e. The van der Waals surface area contributed by atoms with Gasteiger partial charge in [-0.05, 0) is 36.4 Å². The zero-order valence-electron chi connectivity index (χ0n) is 18.7. The minimum absolute atomic E-state index is 0.168. The van der Waals surface area contributed by atoms with Crippen LogP contribution in [0.3, 0.4) is 0 Å². The molecule has 0 saturated heterocycles. The first-order valence-corrected chi connectivity index (χ1v) is 10.8. The molecule has 0 fully saturated rings. The van der Waals surface area contributed by atoms with Gasteiger partial charge in [0.2, 0.25) is 0 Å². The molecule has 35 heavy (non-hydrogen) atoms. The van der Waals surface area contributed by atoms with Crippen LogP contribution in [0.15, 0.2) is 61.2 Å². The Hall–Kier alpha value is -4.73. The van der Waals surface area contributed by atoms with E-state index in [-0.39, 0.29) is 16.9 Å². The lowest BCUT2D eigenvalue weighted by atomic mass is 10.1. The van der Waals surface area contributed by atoms with Crippen LogP contribution in [-0.4, -0.2) is 49.2 Å². The number of anilines is 1. The Morgan fingerprint density at radius 3 is 2.46 bits per heavy atom. The summed E-state index contributed by atoms with van der Waals surface area (Å²) >= 11 is 0. The average molecular weight is 468 g/mol. The fourth-order valence-electron chi connectivity index (χ4n) is 4.02. The first-order chi connectivity index (χ1) is 17.0. The Balaban J connectivity index is 1.51. The zero-order chi connectivity index (χ0) is 24.1. The van der Waals surface area contributed by atoms with Gasteiger partial charge < -0.3 is 9.88 Å². The van der Waals surface area contributed by atoms with Gasteiger partial charge in [0.05, 0.1) is 40.2 Å². The lowest BCUT2D eigenvalue weighted by molar-refractivity contribution is 0.628. The third kappa shape index (κ3) is 3.46. The number of nitrogens with one attached hydrogen (secondary N) is 2. The predicted octanol–water partition coefficient (Wildman–Crippen LogP) is 4.97. The third-order valence-corrected chi connectivity index (χ3v) is 5.80. The number of rotatable bonds is 4. The Morgan fingerprint density at radius 1 is 0.829 bits per heavy atom. The Bertz CT molecular complexity index is 1700. The molecule has 10 heteroatoms. The number of benzene rings is 1. The highest BCUT2D eigenvalue weighted by molar-refractivity contribution is 5.97. The van der Waals surface area contributed by atoms with Crippen LogP contribution < -0.4 is 4.90 Å². The number of pyridine rings is 3. The summed E-state index contributed by atoms with van der Waals surface area (Å²) in [7, 11) is 3.77. The molecule has 5 aromatic heterocycles. The SMILES string of the molecule is CN(C)c1cncc(-c2ncc3[nH]nc(-c4nc5c(-c6ccc(F)cc6)nccc5[nH]4)c3c2F)c1. The Morgan fingerprint density at radius 2 is 1.66 bits per heavy atom. The van der Waals surface area contributed by atoms with Gasteiger partial charge in [0.15, 0.2) is 11.6 Å². The van der Waals surface area contributed by atoms with E-state index in [1.165, 1.54) is 12.1 Å². The van der Waals surface area contributed by atoms with Crippen LogP contribution in [0.25, 0.3) is 56.0 Å². The highest BCUT2D eigenvalue weighted by Gasteiger charge is 2.21. The number of imidazole rings is 1. The number of halogens is 2. The Labute approximate surface area is 197 Å². The van der Waals surface area contributed by atoms with Gasteiger partial charge in [0, 0.05) is 37.6 Å². The van der Waals surface area contributed by atoms with E-state index in [4.69, 9.17) is 0 Å². The van der Waals surface area contributed by atoms with Crippen LogP contribution in [0.2, 0.25) is 0 Å². The van der Waals surface area contributed by atoms with Gasteiger partial charge in [0.25, 0.3) is 0 Å². The molecule has 2 N–H and O–H groups in total. The van der Waals surface area contributed by atoms with Crippen molar-refractivity contribution < 1.29 is 8.78 Å². The Kier molecular flexibility index (Phi) is 4.73. The van der Waals surface area contributed by atoms with E-state index in [1.807, 2.05) is 25.1 Å². The average Bonchev–Trinajstić information content (AvgIpc) is 3.49. The number of aromatic nitrogens is 7. The molecule has 5 heterocycles. The van der Waals surface area contributed by atoms with Crippen LogP contribution >= 0.6 is 0 Å². The molecule has 1 aromatic carbocycles. The van der Waals surface area contributed by atoms with E-state index in [9.17, 15) is 4.39 Å². The molecular weight excluding hydrogens is 450 g/mol. The minimum Gasteiger partial charge on any atom is -0.376 e. The fourth-order valence-corrected chi connectivity index (χ4v) is 4.02. The molecule has 0 aliphatic heterocycles. The second-order valence-electron chi connectivity index (χ2n) is 8.26. The topological polar surface area (TPSA) is 99.3 Å². The maximum atomic E-state index is 15.9. The number of hydrogen-bond donors (Lipinski definition) is 2. The monoisotopic (exact) mass is 468 g/mol. The maximum absolute atomic E-state index is 15.9. The van der Waals surface area contributed by atoms with Crippen molar-refractivity contribution in [2.24, 2.45) is 0 Å². The van der Waals surface area contributed by atoms with Gasteiger partial charge >= 0.3 is 0 Å². The number of fused-ring (bicyclic) bond motifs is 2. The summed E-state index contributed by atoms with van der Waals surface area (Å²) in [5.41, 5.74) is 4.87. The predicted molar refractivity (Wildman–Crippen MR) is 130 cm³/mol. The van der Waals surface area contributed by atoms with Gasteiger partial charge in [-0.15, -0.1) is 0 Å². The molecule has 0 radical (unpaired) electrons. The number of H-pyrrole nitrogens is 2. The summed E-state index contributed by atoms with van der Waals surface area (Å²) in [6.45, 7) is 0. The van der Waals surface area contributed by atoms with Crippen molar-refractivity contribution in [2.75, 3.05) is 19.0 Å². The van der Waals surface area contributed by atoms with Crippen LogP contribution in [-0.2, 0) is 0 Å². The molecule has 0 aliphatic rings. The van der Waals surface area contributed by atoms with Crippen molar-refractivity contribution in [3.05, 3.63) is 72.8 Å². The fraction of sp³-hybridized carbons (Fsp3) is 0.0800. The summed E-state index contributed by atoms with van der Waals surface area (Å²) in [5.74, 6) is -0.488. The molecule has 0 unspecified atom stereocenters. The summed E-state index contributed by atoms with van der Waals surface area (Å²) in [5, 5.41) is 7.43. The van der Waals surface area contributed by atoms with Gasteiger partial charge in [-0.1, -0.05) is 0 Å². The number of nitrogens with zero attached hydrogens (tertiary/aromatic N) is 6. The quantitative estimate of drug-likeness (QED) is 0.379. The van der Waals surface area contributed by atoms with Crippen LogP contribution in [0.4, 0.5) is 14.5 Å². The highest BCUT2D eigenvalue weighted by atomic mass is 19.1. The van der Waals surface area contributed by atoms with E-state index in [2.05, 4.69) is 35.1 Å². The molecule has 6 rings (SSSR count). The molecule has 172 valence electrons. The summed E-state index contributed by atoms with van der Waals surface area (Å²) in [4.78, 5) is 22.7. The highest BCUT2D eigenvalue weighted by Crippen LogP contribution is 2.34. The number of hydrogen-bond acceptors (Lipinski definition) is 6. The van der Waals surface area contributed by atoms with Crippen molar-refractivity contribution >= 4 is 27.6 Å².